The summed E-state index contributed by atoms with van der Waals surface area (Å²) >= 11 is 0. The van der Waals surface area contributed by atoms with Crippen molar-refractivity contribution in [2.45, 2.75) is 25.4 Å². The predicted octanol–water partition coefficient (Wildman–Crippen LogP) is -0.489. The van der Waals surface area contributed by atoms with E-state index >= 15 is 0 Å². The van der Waals surface area contributed by atoms with Gasteiger partial charge in [-0.25, -0.2) is 0 Å². The fraction of sp³-hybridized carbons (Fsp3) is 0.900. The van der Waals surface area contributed by atoms with E-state index in [0.717, 1.165) is 26.1 Å². The highest BCUT2D eigenvalue weighted by atomic mass is 16.2. The zero-order chi connectivity index (χ0) is 10.1. The first-order chi connectivity index (χ1) is 6.70. The average Bonchev–Trinajstić information content (AvgIpc) is 2.19. The number of hydrogen-bond donors (Lipinski definition) is 1. The number of nitrogens with zero attached hydrogens (tertiary/aromatic N) is 2. The Balaban J connectivity index is 1.98. The Labute approximate surface area is 85.2 Å². The molecule has 4 heteroatoms. The molecule has 0 aromatic carbocycles. The van der Waals surface area contributed by atoms with Gasteiger partial charge in [0.15, 0.2) is 0 Å². The Morgan fingerprint density at radius 1 is 1.50 bits per heavy atom. The molecule has 0 aromatic heterocycles. The summed E-state index contributed by atoms with van der Waals surface area (Å²) in [7, 11) is 1.89. The van der Waals surface area contributed by atoms with Crippen LogP contribution >= 0.6 is 0 Å². The van der Waals surface area contributed by atoms with Gasteiger partial charge < -0.3 is 10.2 Å². The predicted molar refractivity (Wildman–Crippen MR) is 55.1 cm³/mol. The van der Waals surface area contributed by atoms with Crippen molar-refractivity contribution in [3.63, 3.8) is 0 Å². The normalized spacial score (nSPS) is 34.4. The van der Waals surface area contributed by atoms with Crippen LogP contribution in [0.25, 0.3) is 0 Å². The van der Waals surface area contributed by atoms with Crippen molar-refractivity contribution >= 4 is 5.91 Å². The molecule has 4 nitrogen and oxygen atoms in total. The number of likely N-dealkylation sites (N-methyl/N-ethyl adjacent to an activating group) is 1. The first-order valence-corrected chi connectivity index (χ1v) is 5.42. The average molecular weight is 197 g/mol. The van der Waals surface area contributed by atoms with E-state index in [-0.39, 0.29) is 5.91 Å². The van der Waals surface area contributed by atoms with Crippen LogP contribution in [0.5, 0.6) is 0 Å². The molecule has 2 atom stereocenters. The van der Waals surface area contributed by atoms with Gasteiger partial charge in [0.05, 0.1) is 6.54 Å². The lowest BCUT2D eigenvalue weighted by Crippen LogP contribution is -2.64. The topological polar surface area (TPSA) is 35.6 Å². The molecule has 2 aliphatic rings. The van der Waals surface area contributed by atoms with E-state index in [9.17, 15) is 4.79 Å². The van der Waals surface area contributed by atoms with Crippen molar-refractivity contribution in [3.05, 3.63) is 0 Å². The molecule has 0 aromatic rings. The minimum absolute atomic E-state index is 0.262. The van der Waals surface area contributed by atoms with Gasteiger partial charge in [0.1, 0.15) is 0 Å². The number of amides is 1. The minimum atomic E-state index is 0.262. The minimum Gasteiger partial charge on any atom is -0.343 e. The largest absolute Gasteiger partial charge is 0.343 e. The second-order valence-electron chi connectivity index (χ2n) is 4.37. The number of hydrogen-bond acceptors (Lipinski definition) is 3. The Morgan fingerprint density at radius 2 is 2.29 bits per heavy atom. The molecule has 2 heterocycles. The van der Waals surface area contributed by atoms with E-state index in [4.69, 9.17) is 0 Å². The van der Waals surface area contributed by atoms with Crippen LogP contribution in [0.15, 0.2) is 0 Å². The van der Waals surface area contributed by atoms with Crippen molar-refractivity contribution in [2.24, 2.45) is 0 Å². The number of piperazine rings is 2. The SMILES string of the molecule is CCC1CN2CC(=O)N(C)CC2CN1. The Hall–Kier alpha value is -0.610. The lowest BCUT2D eigenvalue weighted by atomic mass is 10.0. The van der Waals surface area contributed by atoms with Crippen LogP contribution in [0.2, 0.25) is 0 Å². The monoisotopic (exact) mass is 197 g/mol. The molecule has 2 fully saturated rings. The van der Waals surface area contributed by atoms with E-state index in [1.807, 2.05) is 11.9 Å². The second-order valence-corrected chi connectivity index (χ2v) is 4.37. The molecule has 2 saturated heterocycles. The molecule has 0 aliphatic carbocycles. The molecule has 2 unspecified atom stereocenters. The quantitative estimate of drug-likeness (QED) is 0.616. The molecule has 0 spiro atoms. The smallest absolute Gasteiger partial charge is 0.236 e. The zero-order valence-corrected chi connectivity index (χ0v) is 8.99. The summed E-state index contributed by atoms with van der Waals surface area (Å²) in [5.74, 6) is 0.262. The molecule has 2 rings (SSSR count). The van der Waals surface area contributed by atoms with Crippen LogP contribution in [0, 0.1) is 0 Å². The van der Waals surface area contributed by atoms with Crippen LogP contribution in [-0.4, -0.2) is 61.0 Å². The van der Waals surface area contributed by atoms with Crippen molar-refractivity contribution in [3.8, 4) is 0 Å². The summed E-state index contributed by atoms with van der Waals surface area (Å²) in [6, 6.07) is 1.10. The van der Waals surface area contributed by atoms with Gasteiger partial charge in [0.2, 0.25) is 5.91 Å². The first kappa shape index (κ1) is 9.93. The van der Waals surface area contributed by atoms with Crippen molar-refractivity contribution in [1.29, 1.82) is 0 Å². The first-order valence-electron chi connectivity index (χ1n) is 5.42. The molecular formula is C10H19N3O. The van der Waals surface area contributed by atoms with E-state index in [1.165, 1.54) is 0 Å². The number of carbonyl (C=O) groups excluding carboxylic acids is 1. The molecule has 14 heavy (non-hydrogen) atoms. The van der Waals surface area contributed by atoms with Crippen LogP contribution in [-0.2, 0) is 4.79 Å². The van der Waals surface area contributed by atoms with Crippen LogP contribution in [0.3, 0.4) is 0 Å². The highest BCUT2D eigenvalue weighted by Crippen LogP contribution is 2.14. The van der Waals surface area contributed by atoms with E-state index in [2.05, 4.69) is 17.1 Å². The maximum atomic E-state index is 11.5. The van der Waals surface area contributed by atoms with E-state index in [1.54, 1.807) is 0 Å². The summed E-state index contributed by atoms with van der Waals surface area (Å²) < 4.78 is 0. The maximum absolute atomic E-state index is 11.5. The van der Waals surface area contributed by atoms with Crippen LogP contribution in [0.1, 0.15) is 13.3 Å². The highest BCUT2D eigenvalue weighted by Gasteiger charge is 2.34. The second kappa shape index (κ2) is 3.87. The highest BCUT2D eigenvalue weighted by molar-refractivity contribution is 5.78. The lowest BCUT2D eigenvalue weighted by molar-refractivity contribution is -0.137. The van der Waals surface area contributed by atoms with Gasteiger partial charge in [-0.3, -0.25) is 9.69 Å². The summed E-state index contributed by atoms with van der Waals surface area (Å²) in [5, 5.41) is 3.52. The Morgan fingerprint density at radius 3 is 3.00 bits per heavy atom. The molecule has 0 saturated carbocycles. The molecule has 1 N–H and O–H groups in total. The lowest BCUT2D eigenvalue weighted by Gasteiger charge is -2.45. The fourth-order valence-electron chi connectivity index (χ4n) is 2.29. The van der Waals surface area contributed by atoms with Crippen LogP contribution < -0.4 is 5.32 Å². The number of nitrogens with one attached hydrogen (secondary N) is 1. The third-order valence-electron chi connectivity index (χ3n) is 3.35. The summed E-state index contributed by atoms with van der Waals surface area (Å²) in [6.07, 6.45) is 1.15. The Bertz CT molecular complexity index is 231. The molecule has 2 aliphatic heterocycles. The number of carbonyl (C=O) groups is 1. The fourth-order valence-corrected chi connectivity index (χ4v) is 2.29. The molecule has 0 radical (unpaired) electrons. The third-order valence-corrected chi connectivity index (χ3v) is 3.35. The van der Waals surface area contributed by atoms with Crippen molar-refractivity contribution in [1.82, 2.24) is 15.1 Å². The van der Waals surface area contributed by atoms with Crippen molar-refractivity contribution < 1.29 is 4.79 Å². The number of rotatable bonds is 1. The van der Waals surface area contributed by atoms with Gasteiger partial charge in [0.25, 0.3) is 0 Å². The molecular weight excluding hydrogens is 178 g/mol. The summed E-state index contributed by atoms with van der Waals surface area (Å²) in [4.78, 5) is 15.7. The van der Waals surface area contributed by atoms with E-state index in [0.29, 0.717) is 18.6 Å². The molecule has 80 valence electrons. The van der Waals surface area contributed by atoms with Gasteiger partial charge in [-0.1, -0.05) is 6.92 Å². The van der Waals surface area contributed by atoms with Gasteiger partial charge in [0, 0.05) is 38.8 Å². The maximum Gasteiger partial charge on any atom is 0.236 e. The van der Waals surface area contributed by atoms with Gasteiger partial charge in [-0.2, -0.15) is 0 Å². The number of fused-ring (bicyclic) bond motifs is 1. The summed E-state index contributed by atoms with van der Waals surface area (Å²) in [6.45, 7) is 5.73. The third kappa shape index (κ3) is 1.77. The van der Waals surface area contributed by atoms with Gasteiger partial charge in [-0.05, 0) is 6.42 Å². The van der Waals surface area contributed by atoms with Crippen molar-refractivity contribution in [2.75, 3.05) is 33.2 Å². The van der Waals surface area contributed by atoms with Gasteiger partial charge in [-0.15, -0.1) is 0 Å². The zero-order valence-electron chi connectivity index (χ0n) is 8.99. The summed E-state index contributed by atoms with van der Waals surface area (Å²) in [5.41, 5.74) is 0. The standard InChI is InChI=1S/C10H19N3O/c1-3-8-5-13-7-10(14)12(2)6-9(13)4-11-8/h8-9,11H,3-7H2,1-2H3. The van der Waals surface area contributed by atoms with E-state index < -0.39 is 0 Å². The van der Waals surface area contributed by atoms with Crippen LogP contribution in [0.4, 0.5) is 0 Å². The van der Waals surface area contributed by atoms with Gasteiger partial charge >= 0.3 is 0 Å². The Kier molecular flexibility index (Phi) is 2.74. The molecule has 1 amide bonds. The molecule has 0 bridgehead atoms.